The number of para-hydroxylation sites is 1. The maximum absolute atomic E-state index is 5.40. The molecular formula is C17H15NOS. The summed E-state index contributed by atoms with van der Waals surface area (Å²) in [6.45, 7) is 2.11. The van der Waals surface area contributed by atoms with E-state index in [4.69, 9.17) is 9.72 Å². The molecule has 2 nitrogen and oxygen atoms in total. The summed E-state index contributed by atoms with van der Waals surface area (Å²) in [7, 11) is 1.69. The molecule has 0 amide bonds. The third-order valence-electron chi connectivity index (χ3n) is 3.26. The minimum Gasteiger partial charge on any atom is -0.496 e. The molecule has 0 spiro atoms. The fraction of sp³-hybridized carbons (Fsp3) is 0.118. The standard InChI is InChI=1S/C17H15NOS/c1-12-7-3-4-8-13(12)17-18-15(11-20-17)14-9-5-6-10-16(14)19-2/h3-11H,1-2H3. The van der Waals surface area contributed by atoms with Crippen molar-refractivity contribution in [1.82, 2.24) is 4.98 Å². The lowest BCUT2D eigenvalue weighted by atomic mass is 10.1. The number of ether oxygens (including phenoxy) is 1. The molecule has 20 heavy (non-hydrogen) atoms. The van der Waals surface area contributed by atoms with Crippen molar-refractivity contribution in [3.05, 3.63) is 59.5 Å². The van der Waals surface area contributed by atoms with E-state index in [1.165, 1.54) is 11.1 Å². The molecule has 0 bridgehead atoms. The molecule has 0 unspecified atom stereocenters. The van der Waals surface area contributed by atoms with Crippen molar-refractivity contribution in [3.8, 4) is 27.6 Å². The lowest BCUT2D eigenvalue weighted by Crippen LogP contribution is -1.88. The normalized spacial score (nSPS) is 10.5. The number of benzene rings is 2. The maximum atomic E-state index is 5.40. The number of hydrogen-bond donors (Lipinski definition) is 0. The molecule has 0 radical (unpaired) electrons. The highest BCUT2D eigenvalue weighted by atomic mass is 32.1. The quantitative estimate of drug-likeness (QED) is 0.688. The Morgan fingerprint density at radius 2 is 1.65 bits per heavy atom. The van der Waals surface area contributed by atoms with Gasteiger partial charge in [-0.2, -0.15) is 0 Å². The van der Waals surface area contributed by atoms with Crippen LogP contribution in [0.3, 0.4) is 0 Å². The molecule has 0 aliphatic carbocycles. The van der Waals surface area contributed by atoms with E-state index in [1.807, 2.05) is 36.4 Å². The Bertz CT molecular complexity index is 733. The molecule has 0 aliphatic heterocycles. The van der Waals surface area contributed by atoms with Crippen molar-refractivity contribution in [2.75, 3.05) is 7.11 Å². The molecule has 0 N–H and O–H groups in total. The molecular weight excluding hydrogens is 266 g/mol. The van der Waals surface area contributed by atoms with E-state index in [-0.39, 0.29) is 0 Å². The van der Waals surface area contributed by atoms with Gasteiger partial charge in [0.15, 0.2) is 0 Å². The maximum Gasteiger partial charge on any atom is 0.128 e. The smallest absolute Gasteiger partial charge is 0.128 e. The molecule has 0 aliphatic rings. The van der Waals surface area contributed by atoms with Crippen LogP contribution in [0.25, 0.3) is 21.8 Å². The van der Waals surface area contributed by atoms with Crippen molar-refractivity contribution < 1.29 is 4.74 Å². The van der Waals surface area contributed by atoms with Crippen molar-refractivity contribution in [1.29, 1.82) is 0 Å². The van der Waals surface area contributed by atoms with Gasteiger partial charge >= 0.3 is 0 Å². The fourth-order valence-electron chi connectivity index (χ4n) is 2.19. The van der Waals surface area contributed by atoms with Gasteiger partial charge in [0, 0.05) is 16.5 Å². The Balaban J connectivity index is 2.05. The van der Waals surface area contributed by atoms with Crippen LogP contribution in [0.15, 0.2) is 53.9 Å². The average Bonchev–Trinajstić information content (AvgIpc) is 2.97. The number of aromatic nitrogens is 1. The van der Waals surface area contributed by atoms with Crippen molar-refractivity contribution in [2.24, 2.45) is 0 Å². The van der Waals surface area contributed by atoms with Gasteiger partial charge in [-0.15, -0.1) is 11.3 Å². The lowest BCUT2D eigenvalue weighted by Gasteiger charge is -2.05. The van der Waals surface area contributed by atoms with Crippen LogP contribution in [-0.2, 0) is 0 Å². The molecule has 1 aromatic heterocycles. The summed E-state index contributed by atoms with van der Waals surface area (Å²) in [4.78, 5) is 4.76. The van der Waals surface area contributed by atoms with Gasteiger partial charge in [0.25, 0.3) is 0 Å². The van der Waals surface area contributed by atoms with Crippen LogP contribution in [0.5, 0.6) is 5.75 Å². The first kappa shape index (κ1) is 12.9. The second kappa shape index (κ2) is 5.47. The second-order valence-corrected chi connectivity index (χ2v) is 5.41. The monoisotopic (exact) mass is 281 g/mol. The molecule has 0 atom stereocenters. The summed E-state index contributed by atoms with van der Waals surface area (Å²) in [5.41, 5.74) is 4.43. The summed E-state index contributed by atoms with van der Waals surface area (Å²) in [6, 6.07) is 16.3. The topological polar surface area (TPSA) is 22.1 Å². The van der Waals surface area contributed by atoms with Gasteiger partial charge in [0.1, 0.15) is 10.8 Å². The van der Waals surface area contributed by atoms with E-state index in [0.29, 0.717) is 0 Å². The first-order valence-electron chi connectivity index (χ1n) is 6.44. The first-order valence-corrected chi connectivity index (χ1v) is 7.32. The van der Waals surface area contributed by atoms with Gasteiger partial charge in [0.2, 0.25) is 0 Å². The summed E-state index contributed by atoms with van der Waals surface area (Å²) < 4.78 is 5.40. The molecule has 0 fully saturated rings. The molecule has 2 aromatic carbocycles. The van der Waals surface area contributed by atoms with E-state index in [1.54, 1.807) is 18.4 Å². The number of thiazole rings is 1. The fourth-order valence-corrected chi connectivity index (χ4v) is 3.10. The van der Waals surface area contributed by atoms with E-state index in [9.17, 15) is 0 Å². The van der Waals surface area contributed by atoms with Gasteiger partial charge < -0.3 is 4.74 Å². The zero-order valence-corrected chi connectivity index (χ0v) is 12.3. The highest BCUT2D eigenvalue weighted by Crippen LogP contribution is 2.34. The van der Waals surface area contributed by atoms with Crippen LogP contribution in [0.2, 0.25) is 0 Å². The Labute approximate surface area is 122 Å². The van der Waals surface area contributed by atoms with E-state index in [0.717, 1.165) is 22.0 Å². The summed E-state index contributed by atoms with van der Waals surface area (Å²) in [5, 5.41) is 3.13. The predicted octanol–water partition coefficient (Wildman–Crippen LogP) is 4.79. The Morgan fingerprint density at radius 3 is 2.40 bits per heavy atom. The van der Waals surface area contributed by atoms with Crippen LogP contribution in [0, 0.1) is 6.92 Å². The van der Waals surface area contributed by atoms with Crippen molar-refractivity contribution in [3.63, 3.8) is 0 Å². The average molecular weight is 281 g/mol. The van der Waals surface area contributed by atoms with Crippen molar-refractivity contribution >= 4 is 11.3 Å². The van der Waals surface area contributed by atoms with Crippen LogP contribution in [0.1, 0.15) is 5.56 Å². The number of rotatable bonds is 3. The summed E-state index contributed by atoms with van der Waals surface area (Å²) in [5.74, 6) is 0.856. The molecule has 100 valence electrons. The Kier molecular flexibility index (Phi) is 3.52. The number of aryl methyl sites for hydroxylation is 1. The Hall–Kier alpha value is -2.13. The largest absolute Gasteiger partial charge is 0.496 e. The number of nitrogens with zero attached hydrogens (tertiary/aromatic N) is 1. The molecule has 0 saturated carbocycles. The van der Waals surface area contributed by atoms with E-state index < -0.39 is 0 Å². The molecule has 1 heterocycles. The minimum atomic E-state index is 0.856. The van der Waals surface area contributed by atoms with Crippen LogP contribution in [0.4, 0.5) is 0 Å². The number of hydrogen-bond acceptors (Lipinski definition) is 3. The molecule has 3 heteroatoms. The van der Waals surface area contributed by atoms with Crippen LogP contribution >= 0.6 is 11.3 Å². The highest BCUT2D eigenvalue weighted by Gasteiger charge is 2.11. The highest BCUT2D eigenvalue weighted by molar-refractivity contribution is 7.13. The molecule has 3 aromatic rings. The minimum absolute atomic E-state index is 0.856. The van der Waals surface area contributed by atoms with Gasteiger partial charge in [-0.05, 0) is 24.6 Å². The summed E-state index contributed by atoms with van der Waals surface area (Å²) >= 11 is 1.66. The van der Waals surface area contributed by atoms with Gasteiger partial charge in [-0.25, -0.2) is 4.98 Å². The number of methoxy groups -OCH3 is 1. The first-order chi connectivity index (χ1) is 9.79. The SMILES string of the molecule is COc1ccccc1-c1csc(-c2ccccc2C)n1. The molecule has 0 saturated heterocycles. The van der Waals surface area contributed by atoms with Crippen LogP contribution < -0.4 is 4.74 Å². The summed E-state index contributed by atoms with van der Waals surface area (Å²) in [6.07, 6.45) is 0. The van der Waals surface area contributed by atoms with E-state index in [2.05, 4.69) is 24.4 Å². The van der Waals surface area contributed by atoms with Gasteiger partial charge in [0.05, 0.1) is 12.8 Å². The zero-order valence-electron chi connectivity index (χ0n) is 11.5. The molecule has 3 rings (SSSR count). The van der Waals surface area contributed by atoms with E-state index >= 15 is 0 Å². The zero-order chi connectivity index (χ0) is 13.9. The predicted molar refractivity (Wildman–Crippen MR) is 84.3 cm³/mol. The lowest BCUT2D eigenvalue weighted by molar-refractivity contribution is 0.416. The second-order valence-electron chi connectivity index (χ2n) is 4.55. The Morgan fingerprint density at radius 1 is 0.950 bits per heavy atom. The third-order valence-corrected chi connectivity index (χ3v) is 4.14. The van der Waals surface area contributed by atoms with Crippen LogP contribution in [-0.4, -0.2) is 12.1 Å². The third kappa shape index (κ3) is 2.32. The van der Waals surface area contributed by atoms with Gasteiger partial charge in [-0.3, -0.25) is 0 Å². The van der Waals surface area contributed by atoms with Gasteiger partial charge in [-0.1, -0.05) is 36.4 Å². The van der Waals surface area contributed by atoms with Crippen molar-refractivity contribution in [2.45, 2.75) is 6.92 Å².